The molecular formula is C22H18N2O2S2. The summed E-state index contributed by atoms with van der Waals surface area (Å²) in [5.74, 6) is 0.412. The lowest BCUT2D eigenvalue weighted by molar-refractivity contribution is -0.113. The van der Waals surface area contributed by atoms with E-state index in [1.54, 1.807) is 18.4 Å². The summed E-state index contributed by atoms with van der Waals surface area (Å²) in [4.78, 5) is 16.7. The fourth-order valence-corrected chi connectivity index (χ4v) is 4.36. The Bertz CT molecular complexity index is 1060. The third-order valence-corrected chi connectivity index (χ3v) is 5.71. The van der Waals surface area contributed by atoms with Gasteiger partial charge in [-0.1, -0.05) is 42.5 Å². The van der Waals surface area contributed by atoms with Gasteiger partial charge in [-0.25, -0.2) is 4.90 Å². The summed E-state index contributed by atoms with van der Waals surface area (Å²) in [5.41, 5.74) is 2.36. The number of thiocarbonyl (C=S) groups is 1. The second kappa shape index (κ2) is 7.96. The number of carbonyl (C=O) groups excluding carboxylic acids is 1. The molecule has 0 saturated carbocycles. The Morgan fingerprint density at radius 2 is 1.82 bits per heavy atom. The maximum absolute atomic E-state index is 12.9. The van der Waals surface area contributed by atoms with Gasteiger partial charge < -0.3 is 10.1 Å². The van der Waals surface area contributed by atoms with Gasteiger partial charge in [0.15, 0.2) is 5.11 Å². The maximum atomic E-state index is 12.9. The van der Waals surface area contributed by atoms with E-state index in [4.69, 9.17) is 17.0 Å². The lowest BCUT2D eigenvalue weighted by Crippen LogP contribution is -2.30. The van der Waals surface area contributed by atoms with Crippen LogP contribution >= 0.6 is 23.6 Å². The van der Waals surface area contributed by atoms with Gasteiger partial charge in [-0.05, 0) is 48.1 Å². The standard InChI is InChI=1S/C22H18N2O2S2/c1-26-20-10-6-5-9-19(20)24-21(25)18(23-22(24)27)14-17-12-11-16(28-17)13-15-7-3-2-4-8-15/h2-12,14H,13H2,1H3,(H,23,27)/b18-14+. The number of thiophene rings is 1. The molecule has 1 amide bonds. The zero-order chi connectivity index (χ0) is 19.5. The zero-order valence-electron chi connectivity index (χ0n) is 15.2. The summed E-state index contributed by atoms with van der Waals surface area (Å²) in [7, 11) is 1.58. The fourth-order valence-electron chi connectivity index (χ4n) is 3.07. The highest BCUT2D eigenvalue weighted by molar-refractivity contribution is 7.80. The van der Waals surface area contributed by atoms with E-state index in [0.29, 0.717) is 22.2 Å². The average molecular weight is 407 g/mol. The molecule has 2 aromatic carbocycles. The fraction of sp³-hybridized carbons (Fsp3) is 0.0909. The van der Waals surface area contributed by atoms with Crippen LogP contribution in [0.4, 0.5) is 5.69 Å². The lowest BCUT2D eigenvalue weighted by atomic mass is 10.1. The van der Waals surface area contributed by atoms with E-state index in [-0.39, 0.29) is 5.91 Å². The first-order valence-electron chi connectivity index (χ1n) is 8.78. The first kappa shape index (κ1) is 18.4. The minimum atomic E-state index is -0.187. The Morgan fingerprint density at radius 1 is 1.07 bits per heavy atom. The van der Waals surface area contributed by atoms with Crippen molar-refractivity contribution < 1.29 is 9.53 Å². The normalized spacial score (nSPS) is 15.2. The van der Waals surface area contributed by atoms with E-state index in [9.17, 15) is 4.79 Å². The summed E-state index contributed by atoms with van der Waals surface area (Å²) in [6.07, 6.45) is 2.73. The smallest absolute Gasteiger partial charge is 0.281 e. The molecule has 1 aliphatic rings. The van der Waals surface area contributed by atoms with Crippen LogP contribution < -0.4 is 15.0 Å². The molecule has 3 aromatic rings. The predicted molar refractivity (Wildman–Crippen MR) is 118 cm³/mol. The van der Waals surface area contributed by atoms with Gasteiger partial charge in [-0.2, -0.15) is 0 Å². The summed E-state index contributed by atoms with van der Waals surface area (Å²) in [6, 6.07) is 21.8. The van der Waals surface area contributed by atoms with Crippen LogP contribution in [0.25, 0.3) is 6.08 Å². The van der Waals surface area contributed by atoms with Crippen molar-refractivity contribution in [1.29, 1.82) is 0 Å². The van der Waals surface area contributed by atoms with Gasteiger partial charge >= 0.3 is 0 Å². The Kier molecular flexibility index (Phi) is 5.23. The molecule has 1 aliphatic heterocycles. The van der Waals surface area contributed by atoms with Crippen LogP contribution in [0.1, 0.15) is 15.3 Å². The number of rotatable bonds is 5. The number of anilines is 1. The van der Waals surface area contributed by atoms with E-state index >= 15 is 0 Å². The number of hydrogen-bond donors (Lipinski definition) is 1. The molecule has 140 valence electrons. The first-order valence-corrected chi connectivity index (χ1v) is 10.0. The van der Waals surface area contributed by atoms with Crippen molar-refractivity contribution in [2.24, 2.45) is 0 Å². The predicted octanol–water partition coefficient (Wildman–Crippen LogP) is 4.61. The van der Waals surface area contributed by atoms with Crippen LogP contribution in [-0.4, -0.2) is 18.1 Å². The molecule has 1 N–H and O–H groups in total. The number of para-hydroxylation sites is 2. The molecule has 0 bridgehead atoms. The summed E-state index contributed by atoms with van der Waals surface area (Å²) in [6.45, 7) is 0. The van der Waals surface area contributed by atoms with Gasteiger partial charge in [0.05, 0.1) is 12.8 Å². The van der Waals surface area contributed by atoms with Crippen LogP contribution in [0.2, 0.25) is 0 Å². The molecule has 1 aromatic heterocycles. The molecule has 2 heterocycles. The maximum Gasteiger partial charge on any atom is 0.281 e. The van der Waals surface area contributed by atoms with Crippen molar-refractivity contribution in [2.45, 2.75) is 6.42 Å². The monoisotopic (exact) mass is 406 g/mol. The highest BCUT2D eigenvalue weighted by Gasteiger charge is 2.33. The first-order chi connectivity index (χ1) is 13.7. The van der Waals surface area contributed by atoms with Gasteiger partial charge in [0, 0.05) is 16.2 Å². The Balaban J connectivity index is 1.56. The third-order valence-electron chi connectivity index (χ3n) is 4.39. The quantitative estimate of drug-likeness (QED) is 0.496. The molecule has 0 atom stereocenters. The number of ether oxygens (including phenoxy) is 1. The van der Waals surface area contributed by atoms with Crippen LogP contribution in [0, 0.1) is 0 Å². The van der Waals surface area contributed by atoms with Crippen LogP contribution in [0.5, 0.6) is 5.75 Å². The van der Waals surface area contributed by atoms with Gasteiger partial charge in [-0.15, -0.1) is 11.3 Å². The summed E-state index contributed by atoms with van der Waals surface area (Å²) in [5, 5.41) is 3.38. The molecule has 0 radical (unpaired) electrons. The Morgan fingerprint density at radius 3 is 2.61 bits per heavy atom. The lowest BCUT2D eigenvalue weighted by Gasteiger charge is -2.17. The van der Waals surface area contributed by atoms with E-state index in [1.165, 1.54) is 15.3 Å². The Labute approximate surface area is 173 Å². The van der Waals surface area contributed by atoms with E-state index in [1.807, 2.05) is 54.6 Å². The third kappa shape index (κ3) is 3.69. The van der Waals surface area contributed by atoms with Gasteiger partial charge in [0.1, 0.15) is 11.4 Å². The minimum Gasteiger partial charge on any atom is -0.495 e. The van der Waals surface area contributed by atoms with Crippen LogP contribution in [-0.2, 0) is 11.2 Å². The van der Waals surface area contributed by atoms with E-state index in [2.05, 4.69) is 23.5 Å². The molecule has 4 nitrogen and oxygen atoms in total. The van der Waals surface area contributed by atoms with Crippen LogP contribution in [0.3, 0.4) is 0 Å². The van der Waals surface area contributed by atoms with E-state index in [0.717, 1.165) is 11.3 Å². The summed E-state index contributed by atoms with van der Waals surface area (Å²) < 4.78 is 5.37. The second-order valence-electron chi connectivity index (χ2n) is 6.27. The second-order valence-corrected chi connectivity index (χ2v) is 7.85. The van der Waals surface area contributed by atoms with Gasteiger partial charge in [0.2, 0.25) is 0 Å². The number of hydrogen-bond acceptors (Lipinski definition) is 4. The largest absolute Gasteiger partial charge is 0.495 e. The SMILES string of the molecule is COc1ccccc1N1C(=O)/C(=C\c2ccc(Cc3ccccc3)s2)NC1=S. The Hall–Kier alpha value is -2.96. The minimum absolute atomic E-state index is 0.187. The molecule has 6 heteroatoms. The number of methoxy groups -OCH3 is 1. The van der Waals surface area contributed by atoms with Gasteiger partial charge in [0.25, 0.3) is 5.91 Å². The number of nitrogens with zero attached hydrogens (tertiary/aromatic N) is 1. The molecule has 1 fully saturated rings. The summed E-state index contributed by atoms with van der Waals surface area (Å²) >= 11 is 7.06. The highest BCUT2D eigenvalue weighted by atomic mass is 32.1. The average Bonchev–Trinajstić information content (AvgIpc) is 3.26. The van der Waals surface area contributed by atoms with Crippen molar-refractivity contribution in [1.82, 2.24) is 5.32 Å². The molecule has 4 rings (SSSR count). The van der Waals surface area contributed by atoms with Gasteiger partial charge in [-0.3, -0.25) is 4.79 Å². The van der Waals surface area contributed by atoms with Crippen molar-refractivity contribution in [3.05, 3.63) is 87.7 Å². The highest BCUT2D eigenvalue weighted by Crippen LogP contribution is 2.32. The van der Waals surface area contributed by atoms with Crippen molar-refractivity contribution in [2.75, 3.05) is 12.0 Å². The molecule has 0 spiro atoms. The van der Waals surface area contributed by atoms with Crippen molar-refractivity contribution >= 4 is 46.3 Å². The number of nitrogens with one attached hydrogen (secondary N) is 1. The molecule has 1 saturated heterocycles. The topological polar surface area (TPSA) is 41.6 Å². The number of benzene rings is 2. The molecule has 0 unspecified atom stereocenters. The van der Waals surface area contributed by atoms with Crippen LogP contribution in [0.15, 0.2) is 72.4 Å². The van der Waals surface area contributed by atoms with Crippen molar-refractivity contribution in [3.63, 3.8) is 0 Å². The van der Waals surface area contributed by atoms with E-state index < -0.39 is 0 Å². The molecule has 0 aliphatic carbocycles. The number of amides is 1. The number of carbonyl (C=O) groups is 1. The molecule has 28 heavy (non-hydrogen) atoms. The van der Waals surface area contributed by atoms with Crippen molar-refractivity contribution in [3.8, 4) is 5.75 Å². The zero-order valence-corrected chi connectivity index (χ0v) is 16.8. The molecular weight excluding hydrogens is 388 g/mol.